The van der Waals surface area contributed by atoms with Gasteiger partial charge >= 0.3 is 5.97 Å². The minimum atomic E-state index is -1.34. The van der Waals surface area contributed by atoms with Gasteiger partial charge in [0.05, 0.1) is 12.5 Å². The predicted octanol–water partition coefficient (Wildman–Crippen LogP) is 2.14. The number of aryl methyl sites for hydroxylation is 1. The summed E-state index contributed by atoms with van der Waals surface area (Å²) in [6, 6.07) is 15.4. The molecule has 0 heterocycles. The smallest absolute Gasteiger partial charge is 0.328 e. The van der Waals surface area contributed by atoms with Crippen molar-refractivity contribution in [2.24, 2.45) is 5.92 Å². The van der Waals surface area contributed by atoms with E-state index in [1.54, 1.807) is 0 Å². The topological polar surface area (TPSA) is 134 Å². The zero-order valence-corrected chi connectivity index (χ0v) is 23.2. The molecule has 2 aromatic carbocycles. The fourth-order valence-corrected chi connectivity index (χ4v) is 3.97. The molecule has 2 aromatic rings. The highest BCUT2D eigenvalue weighted by molar-refractivity contribution is 6.18. The number of aliphatic hydroxyl groups excluding tert-OH is 1. The van der Waals surface area contributed by atoms with E-state index in [9.17, 15) is 24.3 Å². The first-order valence-electron chi connectivity index (χ1n) is 13.0. The van der Waals surface area contributed by atoms with Gasteiger partial charge in [-0.25, -0.2) is 4.79 Å². The quantitative estimate of drug-likeness (QED) is 0.184. The van der Waals surface area contributed by atoms with E-state index in [0.717, 1.165) is 11.1 Å². The molecular weight excluding hydrogens is 522 g/mol. The lowest BCUT2D eigenvalue weighted by Crippen LogP contribution is -2.57. The van der Waals surface area contributed by atoms with Crippen molar-refractivity contribution in [3.63, 3.8) is 0 Å². The van der Waals surface area contributed by atoms with Crippen LogP contribution in [0.25, 0.3) is 0 Å². The van der Waals surface area contributed by atoms with Crippen LogP contribution >= 0.6 is 11.6 Å². The number of nitrogens with one attached hydrogen (secondary N) is 3. The number of rotatable bonds is 16. The van der Waals surface area contributed by atoms with Gasteiger partial charge in [-0.15, -0.1) is 11.6 Å². The standard InChI is InChI=1S/C29H38ClN3O6/c1-20(2)17-24(29(38)39-16-15-30)32-28(37)25(19-34)33-27(36)23(18-22-11-7-4-8-12-22)31-26(35)14-13-21-9-5-3-6-10-21/h3-12,20,23-25,34H,13-19H2,1-2H3,(H,31,35)(H,32,37)(H,33,36)/t23-,24-,25-/m0/s1. The van der Waals surface area contributed by atoms with Crippen LogP contribution in [0.5, 0.6) is 0 Å². The van der Waals surface area contributed by atoms with E-state index >= 15 is 0 Å². The molecule has 212 valence electrons. The number of esters is 1. The number of hydrogen-bond acceptors (Lipinski definition) is 6. The van der Waals surface area contributed by atoms with Crippen molar-refractivity contribution in [3.8, 4) is 0 Å². The largest absolute Gasteiger partial charge is 0.463 e. The Morgan fingerprint density at radius 1 is 0.821 bits per heavy atom. The predicted molar refractivity (Wildman–Crippen MR) is 149 cm³/mol. The van der Waals surface area contributed by atoms with E-state index in [0.29, 0.717) is 12.8 Å². The van der Waals surface area contributed by atoms with Crippen molar-refractivity contribution in [1.29, 1.82) is 0 Å². The zero-order chi connectivity index (χ0) is 28.6. The number of benzene rings is 2. The van der Waals surface area contributed by atoms with Crippen molar-refractivity contribution in [3.05, 3.63) is 71.8 Å². The van der Waals surface area contributed by atoms with Gasteiger partial charge in [0.15, 0.2) is 0 Å². The molecule has 10 heteroatoms. The first-order valence-corrected chi connectivity index (χ1v) is 13.6. The molecule has 0 aliphatic heterocycles. The first kappa shape index (κ1) is 31.8. The molecule has 9 nitrogen and oxygen atoms in total. The third-order valence-electron chi connectivity index (χ3n) is 5.86. The molecule has 0 aromatic heterocycles. The van der Waals surface area contributed by atoms with E-state index < -0.39 is 42.5 Å². The molecular formula is C29H38ClN3O6. The van der Waals surface area contributed by atoms with Gasteiger partial charge in [-0.1, -0.05) is 74.5 Å². The number of carbonyl (C=O) groups excluding carboxylic acids is 4. The van der Waals surface area contributed by atoms with Gasteiger partial charge < -0.3 is 25.8 Å². The highest BCUT2D eigenvalue weighted by Crippen LogP contribution is 2.09. The van der Waals surface area contributed by atoms with E-state index in [-0.39, 0.29) is 37.2 Å². The molecule has 0 unspecified atom stereocenters. The number of halogens is 1. The molecule has 2 rings (SSSR count). The summed E-state index contributed by atoms with van der Waals surface area (Å²) >= 11 is 5.59. The maximum Gasteiger partial charge on any atom is 0.328 e. The SMILES string of the molecule is CC(C)C[C@H](NC(=O)[C@H](CO)NC(=O)[C@H](Cc1ccccc1)NC(=O)CCc1ccccc1)C(=O)OCCCl. The van der Waals surface area contributed by atoms with Crippen LogP contribution in [0.2, 0.25) is 0 Å². The van der Waals surface area contributed by atoms with Crippen molar-refractivity contribution in [1.82, 2.24) is 16.0 Å². The molecule has 39 heavy (non-hydrogen) atoms. The Kier molecular flexibility index (Phi) is 14.0. The Morgan fingerprint density at radius 3 is 1.95 bits per heavy atom. The van der Waals surface area contributed by atoms with E-state index in [1.807, 2.05) is 74.5 Å². The molecule has 0 radical (unpaired) electrons. The fourth-order valence-electron chi connectivity index (χ4n) is 3.89. The molecule has 0 saturated heterocycles. The van der Waals surface area contributed by atoms with Crippen molar-refractivity contribution in [2.45, 2.75) is 57.7 Å². The summed E-state index contributed by atoms with van der Waals surface area (Å²) < 4.78 is 5.07. The Labute approximate surface area is 234 Å². The van der Waals surface area contributed by atoms with Crippen molar-refractivity contribution < 1.29 is 29.0 Å². The second kappa shape index (κ2) is 17.2. The fraction of sp³-hybridized carbons (Fsp3) is 0.448. The average Bonchev–Trinajstić information content (AvgIpc) is 2.93. The molecule has 4 N–H and O–H groups in total. The highest BCUT2D eigenvalue weighted by atomic mass is 35.5. The molecule has 0 aliphatic rings. The molecule has 0 bridgehead atoms. The first-order chi connectivity index (χ1) is 18.7. The van der Waals surface area contributed by atoms with Gasteiger partial charge in [0.1, 0.15) is 24.7 Å². The normalized spacial score (nSPS) is 13.2. The Bertz CT molecular complexity index is 1050. The lowest BCUT2D eigenvalue weighted by Gasteiger charge is -2.25. The zero-order valence-electron chi connectivity index (χ0n) is 22.4. The minimum absolute atomic E-state index is 0.00381. The second-order valence-corrected chi connectivity index (χ2v) is 9.96. The van der Waals surface area contributed by atoms with Crippen LogP contribution in [0.4, 0.5) is 0 Å². The van der Waals surface area contributed by atoms with E-state index in [4.69, 9.17) is 16.3 Å². The number of hydrogen-bond donors (Lipinski definition) is 4. The van der Waals surface area contributed by atoms with Crippen LogP contribution < -0.4 is 16.0 Å². The van der Waals surface area contributed by atoms with Crippen LogP contribution in [0.1, 0.15) is 37.8 Å². The maximum atomic E-state index is 13.2. The van der Waals surface area contributed by atoms with Crippen LogP contribution in [-0.4, -0.2) is 66.0 Å². The van der Waals surface area contributed by atoms with Gasteiger partial charge in [-0.05, 0) is 29.9 Å². The van der Waals surface area contributed by atoms with Gasteiger partial charge in [0.25, 0.3) is 0 Å². The van der Waals surface area contributed by atoms with E-state index in [2.05, 4.69) is 16.0 Å². The summed E-state index contributed by atoms with van der Waals surface area (Å²) in [6.45, 7) is 3.06. The van der Waals surface area contributed by atoms with Crippen LogP contribution in [0.15, 0.2) is 60.7 Å². The van der Waals surface area contributed by atoms with Gasteiger partial charge in [0.2, 0.25) is 17.7 Å². The number of aliphatic hydroxyl groups is 1. The summed E-state index contributed by atoms with van der Waals surface area (Å²) in [7, 11) is 0. The monoisotopic (exact) mass is 559 g/mol. The number of ether oxygens (including phenoxy) is 1. The van der Waals surface area contributed by atoms with Gasteiger partial charge in [-0.2, -0.15) is 0 Å². The summed E-state index contributed by atoms with van der Waals surface area (Å²) in [5.74, 6) is -2.17. The maximum absolute atomic E-state index is 13.2. The summed E-state index contributed by atoms with van der Waals surface area (Å²) in [6.07, 6.45) is 1.16. The van der Waals surface area contributed by atoms with Gasteiger partial charge in [0, 0.05) is 12.8 Å². The molecule has 0 fully saturated rings. The number of alkyl halides is 1. The summed E-state index contributed by atoms with van der Waals surface area (Å²) in [5.41, 5.74) is 1.80. The molecule has 0 saturated carbocycles. The molecule has 0 spiro atoms. The van der Waals surface area contributed by atoms with Crippen molar-refractivity contribution >= 4 is 35.3 Å². The Morgan fingerprint density at radius 2 is 1.38 bits per heavy atom. The Hall–Kier alpha value is -3.43. The lowest BCUT2D eigenvalue weighted by molar-refractivity contribution is -0.148. The van der Waals surface area contributed by atoms with E-state index in [1.165, 1.54) is 0 Å². The third-order valence-corrected chi connectivity index (χ3v) is 6.02. The second-order valence-electron chi connectivity index (χ2n) is 9.59. The average molecular weight is 560 g/mol. The number of carbonyl (C=O) groups is 4. The molecule has 3 amide bonds. The lowest BCUT2D eigenvalue weighted by atomic mass is 10.0. The van der Waals surface area contributed by atoms with Crippen LogP contribution in [0, 0.1) is 5.92 Å². The molecule has 3 atom stereocenters. The van der Waals surface area contributed by atoms with Crippen LogP contribution in [0.3, 0.4) is 0 Å². The Balaban J connectivity index is 2.09. The summed E-state index contributed by atoms with van der Waals surface area (Å²) in [5, 5.41) is 17.7. The highest BCUT2D eigenvalue weighted by Gasteiger charge is 2.30. The summed E-state index contributed by atoms with van der Waals surface area (Å²) in [4.78, 5) is 51.3. The minimum Gasteiger partial charge on any atom is -0.463 e. The van der Waals surface area contributed by atoms with Crippen molar-refractivity contribution in [2.75, 3.05) is 19.1 Å². The van der Waals surface area contributed by atoms with Gasteiger partial charge in [-0.3, -0.25) is 14.4 Å². The molecule has 0 aliphatic carbocycles. The number of amides is 3. The third kappa shape index (κ3) is 11.9. The van der Waals surface area contributed by atoms with Crippen LogP contribution in [-0.2, 0) is 36.8 Å².